The van der Waals surface area contributed by atoms with Gasteiger partial charge in [-0.2, -0.15) is 0 Å². The molecule has 0 aromatic heterocycles. The number of nitrogens with one attached hydrogen (secondary N) is 1. The number of amides is 1. The molecule has 0 atom stereocenters. The van der Waals surface area contributed by atoms with Crippen LogP contribution in [0.1, 0.15) is 54.4 Å². The Balaban J connectivity index is 1.88. The first-order valence-electron chi connectivity index (χ1n) is 9.73. The molecule has 1 fully saturated rings. The van der Waals surface area contributed by atoms with Crippen molar-refractivity contribution >= 4 is 46.4 Å². The molecule has 0 bridgehead atoms. The van der Waals surface area contributed by atoms with Crippen molar-refractivity contribution < 1.29 is 9.53 Å². The monoisotopic (exact) mass is 454 g/mol. The molecule has 29 heavy (non-hydrogen) atoms. The fraction of sp³-hybridized carbons (Fsp3) is 0.409. The van der Waals surface area contributed by atoms with Crippen LogP contribution in [0.25, 0.3) is 0 Å². The SMILES string of the molecule is COc1cc(N)c(Cl)cc1C(=O)NCC1(c2ccc(Cl)c(Cl)c2)CCCCCC1. The zero-order valence-electron chi connectivity index (χ0n) is 16.4. The minimum Gasteiger partial charge on any atom is -0.496 e. The molecule has 1 aliphatic rings. The highest BCUT2D eigenvalue weighted by atomic mass is 35.5. The maximum Gasteiger partial charge on any atom is 0.255 e. The lowest BCUT2D eigenvalue weighted by Gasteiger charge is -2.34. The Morgan fingerprint density at radius 1 is 1.03 bits per heavy atom. The number of halogens is 3. The van der Waals surface area contributed by atoms with E-state index >= 15 is 0 Å². The molecule has 7 heteroatoms. The molecule has 1 saturated carbocycles. The molecule has 0 saturated heterocycles. The summed E-state index contributed by atoms with van der Waals surface area (Å²) >= 11 is 18.6. The van der Waals surface area contributed by atoms with Crippen LogP contribution in [0.2, 0.25) is 15.1 Å². The second kappa shape index (κ2) is 9.46. The number of anilines is 1. The summed E-state index contributed by atoms with van der Waals surface area (Å²) < 4.78 is 5.32. The highest BCUT2D eigenvalue weighted by molar-refractivity contribution is 6.42. The van der Waals surface area contributed by atoms with Crippen molar-refractivity contribution in [3.8, 4) is 5.75 Å². The summed E-state index contributed by atoms with van der Waals surface area (Å²) in [6.45, 7) is 0.495. The van der Waals surface area contributed by atoms with Gasteiger partial charge in [0.1, 0.15) is 5.75 Å². The van der Waals surface area contributed by atoms with Crippen LogP contribution >= 0.6 is 34.8 Å². The number of ether oxygens (including phenoxy) is 1. The largest absolute Gasteiger partial charge is 0.496 e. The fourth-order valence-corrected chi connectivity index (χ4v) is 4.52. The number of benzene rings is 2. The summed E-state index contributed by atoms with van der Waals surface area (Å²) in [5, 5.41) is 4.49. The molecule has 3 N–H and O–H groups in total. The number of nitrogens with two attached hydrogens (primary N) is 1. The first-order valence-corrected chi connectivity index (χ1v) is 10.9. The second-order valence-corrected chi connectivity index (χ2v) is 8.80. The fourth-order valence-electron chi connectivity index (χ4n) is 4.06. The molecular formula is C22H25Cl3N2O2. The maximum absolute atomic E-state index is 13.0. The second-order valence-electron chi connectivity index (χ2n) is 7.58. The van der Waals surface area contributed by atoms with Crippen LogP contribution in [0, 0.1) is 0 Å². The highest BCUT2D eigenvalue weighted by Gasteiger charge is 2.34. The van der Waals surface area contributed by atoms with Crippen LogP contribution in [0.3, 0.4) is 0 Å². The van der Waals surface area contributed by atoms with Gasteiger partial charge in [0.25, 0.3) is 5.91 Å². The van der Waals surface area contributed by atoms with Crippen molar-refractivity contribution in [3.05, 3.63) is 56.5 Å². The lowest BCUT2D eigenvalue weighted by Crippen LogP contribution is -2.40. The molecule has 0 unspecified atom stereocenters. The van der Waals surface area contributed by atoms with Gasteiger partial charge in [-0.3, -0.25) is 4.79 Å². The Bertz CT molecular complexity index is 894. The van der Waals surface area contributed by atoms with Crippen LogP contribution in [-0.4, -0.2) is 19.6 Å². The van der Waals surface area contributed by atoms with E-state index in [1.54, 1.807) is 12.1 Å². The number of carbonyl (C=O) groups excluding carboxylic acids is 1. The van der Waals surface area contributed by atoms with Gasteiger partial charge in [-0.25, -0.2) is 0 Å². The third-order valence-electron chi connectivity index (χ3n) is 5.74. The lowest BCUT2D eigenvalue weighted by atomic mass is 9.74. The third kappa shape index (κ3) is 4.93. The van der Waals surface area contributed by atoms with Crippen molar-refractivity contribution in [1.82, 2.24) is 5.32 Å². The topological polar surface area (TPSA) is 64.3 Å². The van der Waals surface area contributed by atoms with Crippen LogP contribution in [-0.2, 0) is 5.41 Å². The van der Waals surface area contributed by atoms with Crippen molar-refractivity contribution in [1.29, 1.82) is 0 Å². The van der Waals surface area contributed by atoms with Crippen molar-refractivity contribution in [2.75, 3.05) is 19.4 Å². The maximum atomic E-state index is 13.0. The Labute approximate surface area is 186 Å². The molecule has 156 valence electrons. The summed E-state index contributed by atoms with van der Waals surface area (Å²) in [7, 11) is 1.50. The number of hydrogen-bond donors (Lipinski definition) is 2. The normalized spacial score (nSPS) is 16.1. The standard InChI is InChI=1S/C22H25Cl3N2O2/c1-29-20-12-19(26)18(25)11-15(20)21(28)27-13-22(8-4-2-3-5-9-22)14-6-7-16(23)17(24)10-14/h6-7,10-12H,2-5,8-9,13,26H2,1H3,(H,27,28). The van der Waals surface area contributed by atoms with Crippen LogP contribution < -0.4 is 15.8 Å². The van der Waals surface area contributed by atoms with Gasteiger partial charge in [-0.1, -0.05) is 66.6 Å². The first kappa shape index (κ1) is 22.1. The Hall–Kier alpha value is -1.62. The molecule has 4 nitrogen and oxygen atoms in total. The number of methoxy groups -OCH3 is 1. The predicted octanol–water partition coefficient (Wildman–Crippen LogP) is 6.26. The molecule has 1 amide bonds. The highest BCUT2D eigenvalue weighted by Crippen LogP contribution is 2.40. The summed E-state index contributed by atoms with van der Waals surface area (Å²) in [6, 6.07) is 8.90. The van der Waals surface area contributed by atoms with Gasteiger partial charge in [-0.05, 0) is 36.6 Å². The van der Waals surface area contributed by atoms with Gasteiger partial charge in [0.05, 0.1) is 33.4 Å². The van der Waals surface area contributed by atoms with Crippen molar-refractivity contribution in [2.45, 2.75) is 43.9 Å². The average molecular weight is 456 g/mol. The van der Waals surface area contributed by atoms with Gasteiger partial charge in [-0.15, -0.1) is 0 Å². The van der Waals surface area contributed by atoms with E-state index in [-0.39, 0.29) is 11.3 Å². The molecule has 2 aromatic rings. The molecule has 3 rings (SSSR count). The Morgan fingerprint density at radius 2 is 1.72 bits per heavy atom. The summed E-state index contributed by atoms with van der Waals surface area (Å²) in [5.74, 6) is 0.154. The van der Waals surface area contributed by atoms with Crippen molar-refractivity contribution in [2.24, 2.45) is 0 Å². The van der Waals surface area contributed by atoms with E-state index in [0.717, 1.165) is 31.2 Å². The lowest BCUT2D eigenvalue weighted by molar-refractivity contribution is 0.0937. The molecular weight excluding hydrogens is 431 g/mol. The van der Waals surface area contributed by atoms with Gasteiger partial charge < -0.3 is 15.8 Å². The summed E-state index contributed by atoms with van der Waals surface area (Å²) in [6.07, 6.45) is 6.55. The molecule has 0 aliphatic heterocycles. The van der Waals surface area contributed by atoms with E-state index in [1.165, 1.54) is 20.0 Å². The molecule has 0 spiro atoms. The van der Waals surface area contributed by atoms with Crippen LogP contribution in [0.15, 0.2) is 30.3 Å². The zero-order chi connectivity index (χ0) is 21.0. The van der Waals surface area contributed by atoms with E-state index in [1.807, 2.05) is 18.2 Å². The van der Waals surface area contributed by atoms with Crippen molar-refractivity contribution in [3.63, 3.8) is 0 Å². The Morgan fingerprint density at radius 3 is 2.34 bits per heavy atom. The van der Waals surface area contributed by atoms with E-state index in [0.29, 0.717) is 38.6 Å². The number of carbonyl (C=O) groups is 1. The van der Waals surface area contributed by atoms with Gasteiger partial charge in [0, 0.05) is 18.0 Å². The minimum atomic E-state index is -0.243. The number of nitrogen functional groups attached to an aromatic ring is 1. The van der Waals surface area contributed by atoms with E-state index in [2.05, 4.69) is 5.32 Å². The molecule has 1 aliphatic carbocycles. The van der Waals surface area contributed by atoms with E-state index in [4.69, 9.17) is 45.3 Å². The van der Waals surface area contributed by atoms with Crippen LogP contribution in [0.5, 0.6) is 5.75 Å². The van der Waals surface area contributed by atoms with Gasteiger partial charge in [0.15, 0.2) is 0 Å². The van der Waals surface area contributed by atoms with E-state index < -0.39 is 0 Å². The first-order chi connectivity index (χ1) is 13.9. The average Bonchev–Trinajstić information content (AvgIpc) is 2.96. The predicted molar refractivity (Wildman–Crippen MR) is 121 cm³/mol. The summed E-state index contributed by atoms with van der Waals surface area (Å²) in [4.78, 5) is 13.0. The van der Waals surface area contributed by atoms with Gasteiger partial charge >= 0.3 is 0 Å². The Kier molecular flexibility index (Phi) is 7.20. The summed E-state index contributed by atoms with van der Waals surface area (Å²) in [5.41, 5.74) is 7.49. The number of hydrogen-bond acceptors (Lipinski definition) is 3. The quantitative estimate of drug-likeness (QED) is 0.413. The van der Waals surface area contributed by atoms with Gasteiger partial charge in [0.2, 0.25) is 0 Å². The van der Waals surface area contributed by atoms with Crippen LogP contribution in [0.4, 0.5) is 5.69 Å². The zero-order valence-corrected chi connectivity index (χ0v) is 18.6. The molecule has 0 heterocycles. The molecule has 2 aromatic carbocycles. The number of rotatable bonds is 5. The smallest absolute Gasteiger partial charge is 0.255 e. The van der Waals surface area contributed by atoms with E-state index in [9.17, 15) is 4.79 Å². The minimum absolute atomic E-state index is 0.189. The third-order valence-corrected chi connectivity index (χ3v) is 6.81. The molecule has 0 radical (unpaired) electrons.